The number of hydrazone groups is 1. The van der Waals surface area contributed by atoms with Gasteiger partial charge in [0.25, 0.3) is 5.91 Å². The van der Waals surface area contributed by atoms with Crippen molar-refractivity contribution in [1.82, 2.24) is 15.4 Å². The maximum Gasteiger partial charge on any atom is 0.311 e. The van der Waals surface area contributed by atoms with Crippen LogP contribution < -0.4 is 10.2 Å². The molecule has 3 rings (SSSR count). The second-order valence-corrected chi connectivity index (χ2v) is 6.94. The minimum Gasteiger partial charge on any atom is -0.487 e. The van der Waals surface area contributed by atoms with E-state index in [1.165, 1.54) is 30.1 Å². The van der Waals surface area contributed by atoms with Crippen molar-refractivity contribution < 1.29 is 14.5 Å². The number of thioether (sulfide) groups is 1. The minimum atomic E-state index is -0.509. The number of benzene rings is 2. The standard InChI is InChI=1S/C19H19N5O4S/c1-2-9-28-17-8-7-13(10-16(17)24(26)27)11-20-23-18(25)12-29-19-21-14-5-3-4-6-15(14)22-19/h3-8,10-11H,2,9,12H2,1H3,(H,21,22)(H,23,25)/b20-11-. The first-order chi connectivity index (χ1) is 14.1. The van der Waals surface area contributed by atoms with Gasteiger partial charge in [0.1, 0.15) is 0 Å². The number of nitrogens with one attached hydrogen (secondary N) is 2. The number of nitro groups is 1. The van der Waals surface area contributed by atoms with Gasteiger partial charge in [0.2, 0.25) is 0 Å². The number of aromatic nitrogens is 2. The van der Waals surface area contributed by atoms with Crippen LogP contribution in [0, 0.1) is 10.1 Å². The molecule has 0 aliphatic carbocycles. The molecule has 0 aliphatic heterocycles. The molecule has 0 saturated heterocycles. The van der Waals surface area contributed by atoms with Gasteiger partial charge < -0.3 is 9.72 Å². The lowest BCUT2D eigenvalue weighted by molar-refractivity contribution is -0.385. The third kappa shape index (κ3) is 5.55. The summed E-state index contributed by atoms with van der Waals surface area (Å²) >= 11 is 1.26. The van der Waals surface area contributed by atoms with Gasteiger partial charge in [-0.05, 0) is 30.7 Å². The van der Waals surface area contributed by atoms with E-state index in [-0.39, 0.29) is 23.1 Å². The average molecular weight is 413 g/mol. The summed E-state index contributed by atoms with van der Waals surface area (Å²) in [6.45, 7) is 2.31. The Labute approximate surface area is 170 Å². The van der Waals surface area contributed by atoms with Crippen molar-refractivity contribution in [3.05, 3.63) is 58.1 Å². The Balaban J connectivity index is 1.55. The predicted octanol–water partition coefficient (Wildman–Crippen LogP) is 3.50. The van der Waals surface area contributed by atoms with Crippen molar-refractivity contribution >= 4 is 40.6 Å². The number of carbonyl (C=O) groups excluding carboxylic acids is 1. The van der Waals surface area contributed by atoms with Crippen LogP contribution in [0.2, 0.25) is 0 Å². The predicted molar refractivity (Wildman–Crippen MR) is 111 cm³/mol. The highest BCUT2D eigenvalue weighted by Crippen LogP contribution is 2.27. The molecule has 2 N–H and O–H groups in total. The van der Waals surface area contributed by atoms with Crippen molar-refractivity contribution in [3.8, 4) is 5.75 Å². The van der Waals surface area contributed by atoms with Gasteiger partial charge in [-0.3, -0.25) is 14.9 Å². The molecular weight excluding hydrogens is 394 g/mol. The van der Waals surface area contributed by atoms with Crippen molar-refractivity contribution in [1.29, 1.82) is 0 Å². The van der Waals surface area contributed by atoms with Gasteiger partial charge in [0.05, 0.1) is 34.5 Å². The molecule has 29 heavy (non-hydrogen) atoms. The number of nitrogens with zero attached hydrogens (tertiary/aromatic N) is 3. The molecule has 0 fully saturated rings. The average Bonchev–Trinajstić information content (AvgIpc) is 3.14. The van der Waals surface area contributed by atoms with Gasteiger partial charge in [-0.25, -0.2) is 10.4 Å². The molecule has 1 amide bonds. The van der Waals surface area contributed by atoms with Gasteiger partial charge >= 0.3 is 5.69 Å². The molecule has 0 bridgehead atoms. The first-order valence-corrected chi connectivity index (χ1v) is 9.86. The Kier molecular flexibility index (Phi) is 6.80. The smallest absolute Gasteiger partial charge is 0.311 e. The Bertz CT molecular complexity index is 1020. The zero-order valence-corrected chi connectivity index (χ0v) is 16.4. The number of carbonyl (C=O) groups is 1. The van der Waals surface area contributed by atoms with E-state index < -0.39 is 4.92 Å². The highest BCUT2D eigenvalue weighted by atomic mass is 32.2. The van der Waals surface area contributed by atoms with Crippen LogP contribution >= 0.6 is 11.8 Å². The Morgan fingerprint density at radius 3 is 2.97 bits per heavy atom. The highest BCUT2D eigenvalue weighted by molar-refractivity contribution is 7.99. The lowest BCUT2D eigenvalue weighted by Gasteiger charge is -2.05. The molecule has 150 valence electrons. The highest BCUT2D eigenvalue weighted by Gasteiger charge is 2.15. The zero-order valence-electron chi connectivity index (χ0n) is 15.6. The molecule has 1 aromatic heterocycles. The van der Waals surface area contributed by atoms with Gasteiger partial charge in [0, 0.05) is 11.6 Å². The van der Waals surface area contributed by atoms with Crippen LogP contribution in [0.3, 0.4) is 0 Å². The summed E-state index contributed by atoms with van der Waals surface area (Å²) in [7, 11) is 0. The molecule has 0 radical (unpaired) electrons. The van der Waals surface area contributed by atoms with E-state index in [4.69, 9.17) is 4.74 Å². The van der Waals surface area contributed by atoms with Gasteiger partial charge in [-0.2, -0.15) is 5.10 Å². The summed E-state index contributed by atoms with van der Waals surface area (Å²) < 4.78 is 5.37. The van der Waals surface area contributed by atoms with Crippen molar-refractivity contribution in [2.45, 2.75) is 18.5 Å². The minimum absolute atomic E-state index is 0.126. The maximum atomic E-state index is 12.0. The Hall–Kier alpha value is -3.40. The van der Waals surface area contributed by atoms with E-state index in [1.54, 1.807) is 6.07 Å². The van der Waals surface area contributed by atoms with E-state index >= 15 is 0 Å². The number of aromatic amines is 1. The summed E-state index contributed by atoms with van der Waals surface area (Å²) in [5.74, 6) is 0.0190. The van der Waals surface area contributed by atoms with Crippen molar-refractivity contribution in [2.24, 2.45) is 5.10 Å². The molecule has 0 saturated carbocycles. The topological polar surface area (TPSA) is 123 Å². The van der Waals surface area contributed by atoms with E-state index in [2.05, 4.69) is 20.5 Å². The molecule has 1 heterocycles. The van der Waals surface area contributed by atoms with Gasteiger partial charge in [-0.15, -0.1) is 0 Å². The SMILES string of the molecule is CCCOc1ccc(/C=N\NC(=O)CSc2nc3ccccc3[nH]2)cc1[N+](=O)[O-]. The van der Waals surface area contributed by atoms with Crippen LogP contribution in [0.4, 0.5) is 5.69 Å². The summed E-state index contributed by atoms with van der Waals surface area (Å²) in [6.07, 6.45) is 2.10. The molecule has 2 aromatic carbocycles. The maximum absolute atomic E-state index is 12.0. The zero-order chi connectivity index (χ0) is 20.6. The Morgan fingerprint density at radius 2 is 2.21 bits per heavy atom. The molecule has 0 spiro atoms. The number of amides is 1. The normalized spacial score (nSPS) is 11.1. The number of H-pyrrole nitrogens is 1. The quantitative estimate of drug-likeness (QED) is 0.240. The molecule has 3 aromatic rings. The molecule has 0 aliphatic rings. The Morgan fingerprint density at radius 1 is 1.38 bits per heavy atom. The third-order valence-corrected chi connectivity index (χ3v) is 4.63. The number of fused-ring (bicyclic) bond motifs is 1. The van der Waals surface area contributed by atoms with Crippen molar-refractivity contribution in [2.75, 3.05) is 12.4 Å². The number of imidazole rings is 1. The monoisotopic (exact) mass is 413 g/mol. The molecule has 0 unspecified atom stereocenters. The second kappa shape index (κ2) is 9.69. The summed E-state index contributed by atoms with van der Waals surface area (Å²) in [6, 6.07) is 12.1. The second-order valence-electron chi connectivity index (χ2n) is 5.97. The third-order valence-electron chi connectivity index (χ3n) is 3.75. The fourth-order valence-electron chi connectivity index (χ4n) is 2.43. The first-order valence-electron chi connectivity index (χ1n) is 8.87. The lowest BCUT2D eigenvalue weighted by atomic mass is 10.2. The number of nitro benzene ring substituents is 1. The number of ether oxygens (including phenoxy) is 1. The summed E-state index contributed by atoms with van der Waals surface area (Å²) in [4.78, 5) is 30.2. The lowest BCUT2D eigenvalue weighted by Crippen LogP contribution is -2.19. The van der Waals surface area contributed by atoms with Crippen LogP contribution in [0.1, 0.15) is 18.9 Å². The number of hydrogen-bond donors (Lipinski definition) is 2. The molecule has 9 nitrogen and oxygen atoms in total. The first kappa shape index (κ1) is 20.3. The van der Waals surface area contributed by atoms with E-state index in [0.717, 1.165) is 17.5 Å². The number of hydrogen-bond acceptors (Lipinski definition) is 7. The van der Waals surface area contributed by atoms with Crippen LogP contribution in [0.5, 0.6) is 5.75 Å². The fourth-order valence-corrected chi connectivity index (χ4v) is 3.11. The molecule has 10 heteroatoms. The molecule has 0 atom stereocenters. The number of rotatable bonds is 9. The van der Waals surface area contributed by atoms with Gasteiger partial charge in [-0.1, -0.05) is 30.8 Å². The summed E-state index contributed by atoms with van der Waals surface area (Å²) in [5, 5.41) is 15.7. The van der Waals surface area contributed by atoms with Crippen LogP contribution in [0.25, 0.3) is 11.0 Å². The van der Waals surface area contributed by atoms with Crippen LogP contribution in [-0.2, 0) is 4.79 Å². The largest absolute Gasteiger partial charge is 0.487 e. The molecular formula is C19H19N5O4S. The van der Waals surface area contributed by atoms with Crippen LogP contribution in [0.15, 0.2) is 52.7 Å². The van der Waals surface area contributed by atoms with Crippen LogP contribution in [-0.4, -0.2) is 39.4 Å². The van der Waals surface area contributed by atoms with E-state index in [9.17, 15) is 14.9 Å². The number of para-hydroxylation sites is 2. The fraction of sp³-hybridized carbons (Fsp3) is 0.211. The van der Waals surface area contributed by atoms with E-state index in [1.807, 2.05) is 31.2 Å². The van der Waals surface area contributed by atoms with E-state index in [0.29, 0.717) is 17.3 Å². The van der Waals surface area contributed by atoms with Crippen molar-refractivity contribution in [3.63, 3.8) is 0 Å². The van der Waals surface area contributed by atoms with Gasteiger partial charge in [0.15, 0.2) is 10.9 Å². The summed E-state index contributed by atoms with van der Waals surface area (Å²) in [5.41, 5.74) is 4.47.